The molecule has 0 radical (unpaired) electrons. The fourth-order valence-corrected chi connectivity index (χ4v) is 4.34. The summed E-state index contributed by atoms with van der Waals surface area (Å²) < 4.78 is 7.50. The van der Waals surface area contributed by atoms with Crippen LogP contribution < -0.4 is 20.3 Å². The molecule has 1 aromatic carbocycles. The summed E-state index contributed by atoms with van der Waals surface area (Å²) in [5, 5.41) is 11.5. The molecule has 2 atom stereocenters. The minimum atomic E-state index is 0.271. The van der Waals surface area contributed by atoms with Crippen molar-refractivity contribution in [2.75, 3.05) is 38.2 Å². The number of rotatable bonds is 8. The maximum absolute atomic E-state index is 5.54. The van der Waals surface area contributed by atoms with Gasteiger partial charge in [0.2, 0.25) is 0 Å². The van der Waals surface area contributed by atoms with E-state index in [-0.39, 0.29) is 6.04 Å². The minimum absolute atomic E-state index is 0.271. The van der Waals surface area contributed by atoms with Gasteiger partial charge in [-0.05, 0) is 64.2 Å². The Morgan fingerprint density at radius 1 is 1.32 bits per heavy atom. The third-order valence-corrected chi connectivity index (χ3v) is 6.12. The molecule has 0 amide bonds. The standard InChI is InChI=1S/C24H38N6O/c1-7-25-24(27-17(2)14-21-18(3)28-29(5)19(21)4)26-15-20-12-13-30(16-20)22-10-8-9-11-23(22)31-6/h8-11,17,20H,7,12-16H2,1-6H3,(H2,25,26,27). The van der Waals surface area contributed by atoms with Gasteiger partial charge in [-0.1, -0.05) is 12.1 Å². The first-order valence-corrected chi connectivity index (χ1v) is 11.3. The van der Waals surface area contributed by atoms with Crippen LogP contribution in [0.4, 0.5) is 5.69 Å². The van der Waals surface area contributed by atoms with Gasteiger partial charge in [-0.25, -0.2) is 0 Å². The number of guanidine groups is 1. The minimum Gasteiger partial charge on any atom is -0.495 e. The molecule has 0 aliphatic carbocycles. The zero-order chi connectivity index (χ0) is 22.4. The lowest BCUT2D eigenvalue weighted by Gasteiger charge is -2.21. The van der Waals surface area contributed by atoms with Crippen LogP contribution in [0.1, 0.15) is 37.2 Å². The molecule has 31 heavy (non-hydrogen) atoms. The van der Waals surface area contributed by atoms with Crippen molar-refractivity contribution in [2.45, 2.75) is 46.6 Å². The summed E-state index contributed by atoms with van der Waals surface area (Å²) in [5.41, 5.74) is 4.84. The van der Waals surface area contributed by atoms with Crippen LogP contribution in [0.2, 0.25) is 0 Å². The second-order valence-electron chi connectivity index (χ2n) is 8.51. The van der Waals surface area contributed by atoms with Crippen molar-refractivity contribution in [1.82, 2.24) is 20.4 Å². The topological polar surface area (TPSA) is 66.7 Å². The summed E-state index contributed by atoms with van der Waals surface area (Å²) >= 11 is 0. The Labute approximate surface area is 186 Å². The van der Waals surface area contributed by atoms with Gasteiger partial charge >= 0.3 is 0 Å². The van der Waals surface area contributed by atoms with Crippen LogP contribution in [-0.2, 0) is 13.5 Å². The maximum Gasteiger partial charge on any atom is 0.191 e. The summed E-state index contributed by atoms with van der Waals surface area (Å²) in [6, 6.07) is 8.53. The fourth-order valence-electron chi connectivity index (χ4n) is 4.34. The molecule has 1 aromatic heterocycles. The van der Waals surface area contributed by atoms with E-state index in [1.54, 1.807) is 7.11 Å². The predicted octanol–water partition coefficient (Wildman–Crippen LogP) is 3.06. The monoisotopic (exact) mass is 426 g/mol. The third kappa shape index (κ3) is 5.71. The van der Waals surface area contributed by atoms with Crippen LogP contribution in [0.5, 0.6) is 5.75 Å². The van der Waals surface area contributed by atoms with Crippen LogP contribution in [0.15, 0.2) is 29.3 Å². The Morgan fingerprint density at radius 2 is 2.10 bits per heavy atom. The quantitative estimate of drug-likeness (QED) is 0.502. The largest absolute Gasteiger partial charge is 0.495 e. The summed E-state index contributed by atoms with van der Waals surface area (Å²) in [4.78, 5) is 7.33. The molecule has 0 saturated carbocycles. The first kappa shape index (κ1) is 23.0. The molecule has 7 heteroatoms. The molecule has 0 bridgehead atoms. The number of aromatic nitrogens is 2. The van der Waals surface area contributed by atoms with Crippen molar-refractivity contribution in [2.24, 2.45) is 18.0 Å². The first-order chi connectivity index (χ1) is 14.9. The van der Waals surface area contributed by atoms with Crippen LogP contribution in [0.25, 0.3) is 0 Å². The van der Waals surface area contributed by atoms with Crippen LogP contribution in [-0.4, -0.2) is 55.1 Å². The van der Waals surface area contributed by atoms with E-state index in [4.69, 9.17) is 9.73 Å². The lowest BCUT2D eigenvalue weighted by atomic mass is 10.1. The van der Waals surface area contributed by atoms with Gasteiger partial charge in [0, 0.05) is 45.0 Å². The van der Waals surface area contributed by atoms with Crippen molar-refractivity contribution < 1.29 is 4.74 Å². The summed E-state index contributed by atoms with van der Waals surface area (Å²) in [5.74, 6) is 2.37. The number of aliphatic imine (C=N–C) groups is 1. The molecule has 170 valence electrons. The number of hydrogen-bond donors (Lipinski definition) is 2. The fraction of sp³-hybridized carbons (Fsp3) is 0.583. The number of para-hydroxylation sites is 2. The molecule has 2 aromatic rings. The summed E-state index contributed by atoms with van der Waals surface area (Å²) in [6.07, 6.45) is 2.07. The van der Waals surface area contributed by atoms with Gasteiger partial charge in [0.05, 0.1) is 18.5 Å². The Morgan fingerprint density at radius 3 is 2.77 bits per heavy atom. The summed E-state index contributed by atoms with van der Waals surface area (Å²) in [7, 11) is 3.74. The highest BCUT2D eigenvalue weighted by Crippen LogP contribution is 2.32. The van der Waals surface area contributed by atoms with E-state index in [2.05, 4.69) is 60.5 Å². The highest BCUT2D eigenvalue weighted by molar-refractivity contribution is 5.80. The highest BCUT2D eigenvalue weighted by atomic mass is 16.5. The van der Waals surface area contributed by atoms with E-state index in [0.29, 0.717) is 5.92 Å². The lowest BCUT2D eigenvalue weighted by molar-refractivity contribution is 0.414. The molecule has 1 aliphatic heterocycles. The predicted molar refractivity (Wildman–Crippen MR) is 128 cm³/mol. The second-order valence-corrected chi connectivity index (χ2v) is 8.51. The van der Waals surface area contributed by atoms with Crippen molar-refractivity contribution >= 4 is 11.6 Å². The average molecular weight is 427 g/mol. The number of nitrogens with zero attached hydrogens (tertiary/aromatic N) is 4. The van der Waals surface area contributed by atoms with Crippen molar-refractivity contribution in [1.29, 1.82) is 0 Å². The second kappa shape index (κ2) is 10.6. The number of nitrogens with one attached hydrogen (secondary N) is 2. The molecule has 1 aliphatic rings. The van der Waals surface area contributed by atoms with E-state index in [0.717, 1.165) is 56.4 Å². The molecule has 2 unspecified atom stereocenters. The van der Waals surface area contributed by atoms with Gasteiger partial charge in [0.15, 0.2) is 5.96 Å². The SMILES string of the molecule is CCNC(=NCC1CCN(c2ccccc2OC)C1)NC(C)Cc1c(C)nn(C)c1C. The molecular weight excluding hydrogens is 388 g/mol. The summed E-state index contributed by atoms with van der Waals surface area (Å²) in [6.45, 7) is 12.2. The van der Waals surface area contributed by atoms with Crippen molar-refractivity contribution in [3.63, 3.8) is 0 Å². The van der Waals surface area contributed by atoms with Gasteiger partial charge in [-0.15, -0.1) is 0 Å². The van der Waals surface area contributed by atoms with Crippen LogP contribution in [0.3, 0.4) is 0 Å². The maximum atomic E-state index is 5.54. The molecule has 1 fully saturated rings. The van der Waals surface area contributed by atoms with E-state index in [1.165, 1.54) is 16.9 Å². The van der Waals surface area contributed by atoms with E-state index >= 15 is 0 Å². The molecule has 2 heterocycles. The van der Waals surface area contributed by atoms with Gasteiger partial charge in [-0.2, -0.15) is 5.10 Å². The Bertz CT molecular complexity index is 890. The van der Waals surface area contributed by atoms with E-state index in [9.17, 15) is 0 Å². The first-order valence-electron chi connectivity index (χ1n) is 11.3. The number of methoxy groups -OCH3 is 1. The van der Waals surface area contributed by atoms with Crippen molar-refractivity contribution in [3.8, 4) is 5.75 Å². The zero-order valence-electron chi connectivity index (χ0n) is 19.9. The Kier molecular flexibility index (Phi) is 7.82. The molecule has 7 nitrogen and oxygen atoms in total. The normalized spacial score (nSPS) is 17.7. The number of benzene rings is 1. The number of hydrogen-bond acceptors (Lipinski definition) is 4. The molecule has 2 N–H and O–H groups in total. The third-order valence-electron chi connectivity index (χ3n) is 6.12. The Hall–Kier alpha value is -2.70. The van der Waals surface area contributed by atoms with E-state index < -0.39 is 0 Å². The molecule has 3 rings (SSSR count). The van der Waals surface area contributed by atoms with Gasteiger partial charge in [0.1, 0.15) is 5.75 Å². The van der Waals surface area contributed by atoms with Crippen LogP contribution in [0, 0.1) is 19.8 Å². The average Bonchev–Trinajstić information content (AvgIpc) is 3.32. The van der Waals surface area contributed by atoms with Gasteiger partial charge < -0.3 is 20.3 Å². The zero-order valence-corrected chi connectivity index (χ0v) is 19.9. The van der Waals surface area contributed by atoms with Gasteiger partial charge in [0.25, 0.3) is 0 Å². The Balaban J connectivity index is 1.58. The lowest BCUT2D eigenvalue weighted by Crippen LogP contribution is -2.43. The van der Waals surface area contributed by atoms with Gasteiger partial charge in [-0.3, -0.25) is 9.67 Å². The number of anilines is 1. The number of aryl methyl sites for hydroxylation is 2. The van der Waals surface area contributed by atoms with Crippen LogP contribution >= 0.6 is 0 Å². The smallest absolute Gasteiger partial charge is 0.191 e. The molecule has 0 spiro atoms. The van der Waals surface area contributed by atoms with E-state index in [1.807, 2.05) is 23.9 Å². The highest BCUT2D eigenvalue weighted by Gasteiger charge is 2.24. The molecular formula is C24H38N6O. The molecule has 1 saturated heterocycles. The van der Waals surface area contributed by atoms with Crippen molar-refractivity contribution in [3.05, 3.63) is 41.2 Å². The number of ether oxygens (including phenoxy) is 1.